The number of carbonyl (C=O) groups excluding carboxylic acids is 2. The number of halogens is 1. The van der Waals surface area contributed by atoms with Gasteiger partial charge in [0.15, 0.2) is 6.10 Å². The van der Waals surface area contributed by atoms with Crippen LogP contribution in [0.4, 0.5) is 0 Å². The van der Waals surface area contributed by atoms with Crippen LogP contribution in [0.15, 0.2) is 51.6 Å². The van der Waals surface area contributed by atoms with E-state index >= 15 is 0 Å². The molecular weight excluding hydrogens is 364 g/mol. The van der Waals surface area contributed by atoms with Crippen molar-refractivity contribution in [2.75, 3.05) is 0 Å². The van der Waals surface area contributed by atoms with Crippen LogP contribution in [-0.2, 0) is 16.0 Å². The molecule has 122 valence electrons. The third-order valence-electron chi connectivity index (χ3n) is 2.98. The summed E-state index contributed by atoms with van der Waals surface area (Å²) < 4.78 is 11.5. The maximum Gasteiger partial charge on any atom is 0.279 e. The average Bonchev–Trinajstić information content (AvgIpc) is 3.04. The molecule has 0 aliphatic carbocycles. The lowest BCUT2D eigenvalue weighted by Gasteiger charge is -2.15. The predicted molar refractivity (Wildman–Crippen MR) is 87.5 cm³/mol. The maximum absolute atomic E-state index is 11.9. The van der Waals surface area contributed by atoms with Crippen molar-refractivity contribution in [1.82, 2.24) is 10.9 Å². The molecule has 0 aliphatic rings. The highest BCUT2D eigenvalue weighted by Gasteiger charge is 2.15. The summed E-state index contributed by atoms with van der Waals surface area (Å²) in [7, 11) is 0. The summed E-state index contributed by atoms with van der Waals surface area (Å²) in [5.74, 6) is 0.546. The maximum atomic E-state index is 11.9. The molecule has 1 aromatic heterocycles. The first-order valence-corrected chi connectivity index (χ1v) is 7.87. The Bertz CT molecular complexity index is 658. The molecule has 23 heavy (non-hydrogen) atoms. The molecule has 7 heteroatoms. The molecule has 0 saturated carbocycles. The number of aryl methyl sites for hydroxylation is 1. The van der Waals surface area contributed by atoms with E-state index in [1.807, 2.05) is 6.07 Å². The summed E-state index contributed by atoms with van der Waals surface area (Å²) in [5.41, 5.74) is 4.69. The van der Waals surface area contributed by atoms with E-state index in [2.05, 4.69) is 26.8 Å². The highest BCUT2D eigenvalue weighted by molar-refractivity contribution is 9.10. The minimum atomic E-state index is -0.741. The largest absolute Gasteiger partial charge is 0.481 e. The van der Waals surface area contributed by atoms with Crippen molar-refractivity contribution in [3.8, 4) is 5.75 Å². The van der Waals surface area contributed by atoms with E-state index in [1.165, 1.54) is 0 Å². The van der Waals surface area contributed by atoms with Gasteiger partial charge in [0.05, 0.1) is 6.26 Å². The average molecular weight is 381 g/mol. The van der Waals surface area contributed by atoms with Gasteiger partial charge in [-0.15, -0.1) is 0 Å². The fourth-order valence-electron chi connectivity index (χ4n) is 1.78. The summed E-state index contributed by atoms with van der Waals surface area (Å²) in [6, 6.07) is 10.7. The van der Waals surface area contributed by atoms with E-state index in [1.54, 1.807) is 43.5 Å². The van der Waals surface area contributed by atoms with Gasteiger partial charge in [-0.05, 0) is 37.3 Å². The number of ether oxygens (including phenoxy) is 1. The van der Waals surface area contributed by atoms with Crippen LogP contribution in [0.3, 0.4) is 0 Å². The van der Waals surface area contributed by atoms with Crippen LogP contribution < -0.4 is 15.6 Å². The third kappa shape index (κ3) is 5.78. The number of carbonyl (C=O) groups is 2. The lowest BCUT2D eigenvalue weighted by molar-refractivity contribution is -0.132. The van der Waals surface area contributed by atoms with Gasteiger partial charge in [0.2, 0.25) is 5.91 Å². The van der Waals surface area contributed by atoms with Crippen molar-refractivity contribution in [2.45, 2.75) is 25.9 Å². The summed E-state index contributed by atoms with van der Waals surface area (Å²) in [6.45, 7) is 1.60. The Hall–Kier alpha value is -2.28. The number of rotatable bonds is 6. The quantitative estimate of drug-likeness (QED) is 0.754. The van der Waals surface area contributed by atoms with E-state index in [-0.39, 0.29) is 12.3 Å². The molecule has 0 spiro atoms. The molecule has 0 radical (unpaired) electrons. The Labute approximate surface area is 142 Å². The van der Waals surface area contributed by atoms with E-state index in [0.29, 0.717) is 12.2 Å². The van der Waals surface area contributed by atoms with Gasteiger partial charge < -0.3 is 9.15 Å². The fraction of sp³-hybridized carbons (Fsp3) is 0.250. The van der Waals surface area contributed by atoms with Crippen LogP contribution in [-0.4, -0.2) is 17.9 Å². The molecule has 1 aromatic carbocycles. The molecule has 2 rings (SSSR count). The molecule has 0 fully saturated rings. The first-order chi connectivity index (χ1) is 11.0. The number of hydrazine groups is 1. The smallest absolute Gasteiger partial charge is 0.279 e. The Kier molecular flexibility index (Phi) is 6.22. The molecule has 1 unspecified atom stereocenters. The molecule has 2 amide bonds. The van der Waals surface area contributed by atoms with Crippen molar-refractivity contribution in [3.63, 3.8) is 0 Å². The zero-order chi connectivity index (χ0) is 16.7. The number of furan rings is 1. The molecule has 2 aromatic rings. The van der Waals surface area contributed by atoms with Crippen molar-refractivity contribution in [1.29, 1.82) is 0 Å². The predicted octanol–water partition coefficient (Wildman–Crippen LogP) is 2.59. The van der Waals surface area contributed by atoms with Crippen LogP contribution in [0.25, 0.3) is 0 Å². The molecule has 1 atom stereocenters. The minimum Gasteiger partial charge on any atom is -0.481 e. The molecule has 1 heterocycles. The van der Waals surface area contributed by atoms with Crippen LogP contribution in [0.1, 0.15) is 19.1 Å². The standard InChI is InChI=1S/C16H17BrN2O4/c1-11(23-14-5-2-4-12(17)10-14)16(21)19-18-15(20)8-7-13-6-3-9-22-13/h2-6,9-11H,7-8H2,1H3,(H,18,20)(H,19,21). The highest BCUT2D eigenvalue weighted by Crippen LogP contribution is 2.18. The van der Waals surface area contributed by atoms with Crippen LogP contribution in [0.2, 0.25) is 0 Å². The Morgan fingerprint density at radius 2 is 2.09 bits per heavy atom. The van der Waals surface area contributed by atoms with Crippen molar-refractivity contribution < 1.29 is 18.7 Å². The van der Waals surface area contributed by atoms with Crippen molar-refractivity contribution >= 4 is 27.7 Å². The zero-order valence-electron chi connectivity index (χ0n) is 12.5. The van der Waals surface area contributed by atoms with Gasteiger partial charge in [-0.1, -0.05) is 22.0 Å². The summed E-state index contributed by atoms with van der Waals surface area (Å²) in [4.78, 5) is 23.5. The molecular formula is C16H17BrN2O4. The van der Waals surface area contributed by atoms with Gasteiger partial charge in [-0.25, -0.2) is 0 Å². The number of hydrogen-bond acceptors (Lipinski definition) is 4. The van der Waals surface area contributed by atoms with Gasteiger partial charge >= 0.3 is 0 Å². The lowest BCUT2D eigenvalue weighted by atomic mass is 10.2. The normalized spacial score (nSPS) is 11.6. The van der Waals surface area contributed by atoms with Gasteiger partial charge in [-0.3, -0.25) is 20.4 Å². The van der Waals surface area contributed by atoms with E-state index < -0.39 is 12.0 Å². The molecule has 0 aliphatic heterocycles. The summed E-state index contributed by atoms with van der Waals surface area (Å²) >= 11 is 3.33. The molecule has 0 saturated heterocycles. The van der Waals surface area contributed by atoms with E-state index in [9.17, 15) is 9.59 Å². The number of hydrogen-bond donors (Lipinski definition) is 2. The first-order valence-electron chi connectivity index (χ1n) is 7.08. The Morgan fingerprint density at radius 1 is 1.26 bits per heavy atom. The van der Waals surface area contributed by atoms with Gasteiger partial charge in [0.25, 0.3) is 5.91 Å². The van der Waals surface area contributed by atoms with Crippen LogP contribution in [0, 0.1) is 0 Å². The Morgan fingerprint density at radius 3 is 2.78 bits per heavy atom. The first kappa shape index (κ1) is 17.1. The number of nitrogens with one attached hydrogen (secondary N) is 2. The van der Waals surface area contributed by atoms with Gasteiger partial charge in [-0.2, -0.15) is 0 Å². The fourth-order valence-corrected chi connectivity index (χ4v) is 2.16. The third-order valence-corrected chi connectivity index (χ3v) is 3.48. The van der Waals surface area contributed by atoms with Gasteiger partial charge in [0.1, 0.15) is 11.5 Å². The zero-order valence-corrected chi connectivity index (χ0v) is 14.1. The summed E-state index contributed by atoms with van der Waals surface area (Å²) in [5, 5.41) is 0. The highest BCUT2D eigenvalue weighted by atomic mass is 79.9. The number of benzene rings is 1. The molecule has 6 nitrogen and oxygen atoms in total. The second-order valence-corrected chi connectivity index (χ2v) is 5.75. The van der Waals surface area contributed by atoms with E-state index in [4.69, 9.17) is 9.15 Å². The minimum absolute atomic E-state index is 0.217. The van der Waals surface area contributed by atoms with E-state index in [0.717, 1.165) is 10.2 Å². The van der Waals surface area contributed by atoms with Gasteiger partial charge in [0, 0.05) is 17.3 Å². The summed E-state index contributed by atoms with van der Waals surface area (Å²) in [6.07, 6.45) is 1.50. The second-order valence-electron chi connectivity index (χ2n) is 4.83. The second kappa shape index (κ2) is 8.38. The van der Waals surface area contributed by atoms with Crippen LogP contribution in [0.5, 0.6) is 5.75 Å². The van der Waals surface area contributed by atoms with Crippen LogP contribution >= 0.6 is 15.9 Å². The molecule has 2 N–H and O–H groups in total. The Balaban J connectivity index is 1.72. The lowest BCUT2D eigenvalue weighted by Crippen LogP contribution is -2.47. The monoisotopic (exact) mass is 380 g/mol. The SMILES string of the molecule is CC(Oc1cccc(Br)c1)C(=O)NNC(=O)CCc1ccco1. The topological polar surface area (TPSA) is 80.6 Å². The van der Waals surface area contributed by atoms with Crippen molar-refractivity contribution in [2.24, 2.45) is 0 Å². The number of amides is 2. The van der Waals surface area contributed by atoms with Crippen molar-refractivity contribution in [3.05, 3.63) is 52.9 Å². The molecule has 0 bridgehead atoms.